The molecule has 0 fully saturated rings. The molecule has 0 aliphatic heterocycles. The number of nitrogens with two attached hydrogens (primary N) is 1. The zero-order valence-electron chi connectivity index (χ0n) is 9.65. The van der Waals surface area contributed by atoms with E-state index < -0.39 is 12.0 Å². The highest BCUT2D eigenvalue weighted by atomic mass is 19.4. The average Bonchev–Trinajstić information content (AvgIpc) is 2.36. The maximum absolute atomic E-state index is 12.5. The van der Waals surface area contributed by atoms with Crippen molar-refractivity contribution in [3.05, 3.63) is 42.0 Å². The summed E-state index contributed by atoms with van der Waals surface area (Å²) >= 11 is 0. The summed E-state index contributed by atoms with van der Waals surface area (Å²) in [6.45, 7) is 0.316. The fourth-order valence-electron chi connectivity index (χ4n) is 1.38. The van der Waals surface area contributed by atoms with Gasteiger partial charge >= 0.3 is 6.18 Å². The second-order valence-corrected chi connectivity index (χ2v) is 3.71. The van der Waals surface area contributed by atoms with Gasteiger partial charge in [-0.1, -0.05) is 0 Å². The third-order valence-electron chi connectivity index (χ3n) is 2.22. The molecule has 8 heteroatoms. The number of halogens is 3. The maximum atomic E-state index is 12.5. The van der Waals surface area contributed by atoms with Crippen molar-refractivity contribution in [1.29, 1.82) is 0 Å². The van der Waals surface area contributed by atoms with E-state index in [9.17, 15) is 13.2 Å². The number of rotatable bonds is 3. The first-order chi connectivity index (χ1) is 8.95. The van der Waals surface area contributed by atoms with E-state index in [1.54, 1.807) is 24.5 Å². The maximum Gasteiger partial charge on any atom is 0.451 e. The Kier molecular flexibility index (Phi) is 3.50. The van der Waals surface area contributed by atoms with Gasteiger partial charge in [-0.15, -0.1) is 0 Å². The lowest BCUT2D eigenvalue weighted by Gasteiger charge is -2.10. The predicted molar refractivity (Wildman–Crippen MR) is 63.0 cm³/mol. The van der Waals surface area contributed by atoms with Gasteiger partial charge in [-0.3, -0.25) is 4.98 Å². The second kappa shape index (κ2) is 5.09. The highest BCUT2D eigenvalue weighted by Crippen LogP contribution is 2.27. The lowest BCUT2D eigenvalue weighted by molar-refractivity contribution is -0.144. The molecule has 0 aromatic carbocycles. The summed E-state index contributed by atoms with van der Waals surface area (Å²) in [6, 6.07) is 4.72. The Bertz CT molecular complexity index is 556. The smallest absolute Gasteiger partial charge is 0.384 e. The predicted octanol–water partition coefficient (Wildman–Crippen LogP) is 2.08. The van der Waals surface area contributed by atoms with Crippen LogP contribution < -0.4 is 11.1 Å². The molecule has 3 N–H and O–H groups in total. The van der Waals surface area contributed by atoms with Gasteiger partial charge in [0.15, 0.2) is 0 Å². The molecule has 2 heterocycles. The van der Waals surface area contributed by atoms with Crippen molar-refractivity contribution in [1.82, 2.24) is 15.0 Å². The molecule has 2 rings (SSSR count). The zero-order chi connectivity index (χ0) is 13.9. The Labute approximate surface area is 106 Å². The van der Waals surface area contributed by atoms with Gasteiger partial charge in [0, 0.05) is 25.0 Å². The summed E-state index contributed by atoms with van der Waals surface area (Å²) < 4.78 is 37.5. The molecular formula is C11H10F3N5. The summed E-state index contributed by atoms with van der Waals surface area (Å²) in [5.74, 6) is -1.47. The largest absolute Gasteiger partial charge is 0.451 e. The quantitative estimate of drug-likeness (QED) is 0.892. The Balaban J connectivity index is 2.15. The Hall–Kier alpha value is -2.38. The van der Waals surface area contributed by atoms with Gasteiger partial charge in [-0.25, -0.2) is 9.97 Å². The van der Waals surface area contributed by atoms with Crippen molar-refractivity contribution in [3.63, 3.8) is 0 Å². The summed E-state index contributed by atoms with van der Waals surface area (Å²) in [7, 11) is 0. The van der Waals surface area contributed by atoms with Crippen LogP contribution in [0.3, 0.4) is 0 Å². The van der Waals surface area contributed by atoms with Crippen molar-refractivity contribution >= 4 is 11.6 Å². The molecule has 0 saturated heterocycles. The minimum absolute atomic E-state index is 0.0247. The molecule has 2 aromatic heterocycles. The zero-order valence-corrected chi connectivity index (χ0v) is 9.65. The first kappa shape index (κ1) is 13.1. The summed E-state index contributed by atoms with van der Waals surface area (Å²) in [6.07, 6.45) is -1.44. The number of pyridine rings is 1. The molecule has 0 saturated carbocycles. The van der Waals surface area contributed by atoms with Gasteiger partial charge in [0.25, 0.3) is 0 Å². The van der Waals surface area contributed by atoms with Crippen LogP contribution in [-0.2, 0) is 12.7 Å². The van der Waals surface area contributed by atoms with Crippen LogP contribution in [0.4, 0.5) is 24.8 Å². The fraction of sp³-hybridized carbons (Fsp3) is 0.182. The first-order valence-corrected chi connectivity index (χ1v) is 5.29. The van der Waals surface area contributed by atoms with E-state index in [1.807, 2.05) is 0 Å². The highest BCUT2D eigenvalue weighted by molar-refractivity contribution is 5.45. The molecule has 0 unspecified atom stereocenters. The number of anilines is 2. The molecule has 0 spiro atoms. The molecule has 5 nitrogen and oxygen atoms in total. The van der Waals surface area contributed by atoms with Crippen LogP contribution in [0.15, 0.2) is 30.6 Å². The van der Waals surface area contributed by atoms with Gasteiger partial charge in [-0.2, -0.15) is 13.2 Å². The number of nitrogens with zero attached hydrogens (tertiary/aromatic N) is 3. The number of hydrogen-bond donors (Lipinski definition) is 2. The highest BCUT2D eigenvalue weighted by Gasteiger charge is 2.35. The third kappa shape index (κ3) is 3.54. The van der Waals surface area contributed by atoms with Crippen molar-refractivity contribution in [2.24, 2.45) is 0 Å². The van der Waals surface area contributed by atoms with Crippen LogP contribution in [0.25, 0.3) is 0 Å². The van der Waals surface area contributed by atoms with Gasteiger partial charge in [-0.05, 0) is 17.7 Å². The third-order valence-corrected chi connectivity index (χ3v) is 2.22. The molecule has 0 aliphatic rings. The topological polar surface area (TPSA) is 76.7 Å². The van der Waals surface area contributed by atoms with Gasteiger partial charge in [0.05, 0.1) is 0 Å². The number of aromatic nitrogens is 3. The van der Waals surface area contributed by atoms with Crippen molar-refractivity contribution in [2.45, 2.75) is 12.7 Å². The molecular weight excluding hydrogens is 259 g/mol. The lowest BCUT2D eigenvalue weighted by atomic mass is 10.3. The Morgan fingerprint density at radius 2 is 1.84 bits per heavy atom. The van der Waals surface area contributed by atoms with Crippen LogP contribution in [0, 0.1) is 0 Å². The molecule has 0 atom stereocenters. The molecule has 19 heavy (non-hydrogen) atoms. The van der Waals surface area contributed by atoms with Gasteiger partial charge in [0.2, 0.25) is 5.82 Å². The number of hydrogen-bond acceptors (Lipinski definition) is 5. The molecule has 0 radical (unpaired) electrons. The normalized spacial score (nSPS) is 11.3. The average molecular weight is 269 g/mol. The lowest BCUT2D eigenvalue weighted by Crippen LogP contribution is -2.14. The summed E-state index contributed by atoms with van der Waals surface area (Å²) in [5, 5.41) is 2.76. The van der Waals surface area contributed by atoms with E-state index in [-0.39, 0.29) is 11.6 Å². The van der Waals surface area contributed by atoms with E-state index in [0.717, 1.165) is 5.56 Å². The molecule has 0 aliphatic carbocycles. The molecule has 0 bridgehead atoms. The summed E-state index contributed by atoms with van der Waals surface area (Å²) in [4.78, 5) is 10.4. The number of nitrogen functional groups attached to an aromatic ring is 1. The minimum Gasteiger partial charge on any atom is -0.384 e. The van der Waals surface area contributed by atoms with Crippen molar-refractivity contribution in [3.8, 4) is 0 Å². The van der Waals surface area contributed by atoms with E-state index in [1.165, 1.54) is 6.07 Å². The SMILES string of the molecule is Nc1cc(NCc2ccncc2)nc(C(F)(F)F)n1. The van der Waals surface area contributed by atoms with E-state index in [4.69, 9.17) is 5.73 Å². The second-order valence-electron chi connectivity index (χ2n) is 3.71. The van der Waals surface area contributed by atoms with Crippen molar-refractivity contribution < 1.29 is 13.2 Å². The van der Waals surface area contributed by atoms with Crippen LogP contribution in [0.1, 0.15) is 11.4 Å². The fourth-order valence-corrected chi connectivity index (χ4v) is 1.38. The van der Waals surface area contributed by atoms with Crippen molar-refractivity contribution in [2.75, 3.05) is 11.1 Å². The number of alkyl halides is 3. The van der Waals surface area contributed by atoms with Gasteiger partial charge < -0.3 is 11.1 Å². The Morgan fingerprint density at radius 3 is 2.47 bits per heavy atom. The standard InChI is InChI=1S/C11H10F3N5/c12-11(13,14)10-18-8(15)5-9(19-10)17-6-7-1-3-16-4-2-7/h1-5H,6H2,(H3,15,17,18,19). The van der Waals surface area contributed by atoms with Crippen LogP contribution in [0.2, 0.25) is 0 Å². The van der Waals surface area contributed by atoms with Crippen LogP contribution in [0.5, 0.6) is 0 Å². The monoisotopic (exact) mass is 269 g/mol. The summed E-state index contributed by atoms with van der Waals surface area (Å²) in [5.41, 5.74) is 6.19. The minimum atomic E-state index is -4.62. The van der Waals surface area contributed by atoms with Gasteiger partial charge in [0.1, 0.15) is 11.6 Å². The first-order valence-electron chi connectivity index (χ1n) is 5.29. The van der Waals surface area contributed by atoms with Crippen LogP contribution in [-0.4, -0.2) is 15.0 Å². The van der Waals surface area contributed by atoms with E-state index in [0.29, 0.717) is 6.54 Å². The molecule has 100 valence electrons. The molecule has 2 aromatic rings. The number of nitrogens with one attached hydrogen (secondary N) is 1. The van der Waals surface area contributed by atoms with E-state index in [2.05, 4.69) is 20.3 Å². The van der Waals surface area contributed by atoms with Crippen LogP contribution >= 0.6 is 0 Å². The molecule has 0 amide bonds. The van der Waals surface area contributed by atoms with E-state index >= 15 is 0 Å². The Morgan fingerprint density at radius 1 is 1.16 bits per heavy atom.